The van der Waals surface area contributed by atoms with Crippen LogP contribution in [0.25, 0.3) is 0 Å². The van der Waals surface area contributed by atoms with Gasteiger partial charge in [0.25, 0.3) is 11.7 Å². The number of amides is 1. The fourth-order valence-corrected chi connectivity index (χ4v) is 3.65. The summed E-state index contributed by atoms with van der Waals surface area (Å²) in [7, 11) is -3.41. The number of alkyl halides is 3. The fraction of sp³-hybridized carbons (Fsp3) is 0.333. The molecule has 1 aromatic carbocycles. The molecule has 0 atom stereocenters. The number of hydrogen-bond donors (Lipinski definition) is 0. The zero-order valence-electron chi connectivity index (χ0n) is 15.0. The van der Waals surface area contributed by atoms with Gasteiger partial charge in [0.1, 0.15) is 19.3 Å². The van der Waals surface area contributed by atoms with E-state index >= 15 is 0 Å². The zero-order valence-corrected chi connectivity index (χ0v) is 15.8. The highest BCUT2D eigenvalue weighted by Crippen LogP contribution is 2.28. The first-order valence-electron chi connectivity index (χ1n) is 8.49. The van der Waals surface area contributed by atoms with Gasteiger partial charge in [-0.3, -0.25) is 9.69 Å². The van der Waals surface area contributed by atoms with Gasteiger partial charge in [-0.25, -0.2) is 13.4 Å². The molecule has 1 N–H and O–H groups in total. The molecule has 2 aromatic rings. The molecule has 0 spiro atoms. The first-order chi connectivity index (χ1) is 13.1. The number of aromatic amines is 1. The van der Waals surface area contributed by atoms with Crippen LogP contribution in [0.2, 0.25) is 0 Å². The quantitative estimate of drug-likeness (QED) is 0.769. The number of halogens is 3. The van der Waals surface area contributed by atoms with Gasteiger partial charge in [0.2, 0.25) is 0 Å². The lowest BCUT2D eigenvalue weighted by Crippen LogP contribution is -2.50. The van der Waals surface area contributed by atoms with Crippen LogP contribution in [0.15, 0.2) is 47.5 Å². The molecule has 1 aliphatic heterocycles. The highest BCUT2D eigenvalue weighted by molar-refractivity contribution is 7.90. The molecule has 28 heavy (non-hydrogen) atoms. The molecular formula is C18H19F3N3O3S+. The highest BCUT2D eigenvalue weighted by Gasteiger charge is 2.33. The molecule has 3 rings (SSSR count). The second kappa shape index (κ2) is 7.42. The smallest absolute Gasteiger partial charge is 0.331 e. The zero-order chi connectivity index (χ0) is 20.5. The molecule has 0 radical (unpaired) electrons. The molecule has 1 aromatic heterocycles. The van der Waals surface area contributed by atoms with Gasteiger partial charge in [0, 0.05) is 17.9 Å². The van der Waals surface area contributed by atoms with Gasteiger partial charge in [0.05, 0.1) is 23.5 Å². The Balaban J connectivity index is 1.66. The molecule has 2 heterocycles. The topological polar surface area (TPSA) is 71.8 Å². The van der Waals surface area contributed by atoms with Crippen LogP contribution in [-0.2, 0) is 16.0 Å². The lowest BCUT2D eigenvalue weighted by molar-refractivity contribution is -0.367. The van der Waals surface area contributed by atoms with Crippen molar-refractivity contribution in [2.75, 3.05) is 37.3 Å². The normalized spacial score (nSPS) is 15.6. The average molecular weight is 414 g/mol. The molecule has 0 unspecified atom stereocenters. The van der Waals surface area contributed by atoms with Crippen molar-refractivity contribution >= 4 is 21.6 Å². The van der Waals surface area contributed by atoms with Crippen LogP contribution in [0.5, 0.6) is 0 Å². The Morgan fingerprint density at radius 2 is 1.75 bits per heavy atom. The van der Waals surface area contributed by atoms with Crippen molar-refractivity contribution in [1.29, 1.82) is 0 Å². The minimum absolute atomic E-state index is 0.0799. The first kappa shape index (κ1) is 20.1. The van der Waals surface area contributed by atoms with Crippen molar-refractivity contribution in [3.05, 3.63) is 53.7 Å². The number of carbonyl (C=O) groups is 1. The SMILES string of the molecule is CS(=O)(=O)c1cccc(C(=O)N2CCN(c3ccc(C(F)(F)F)c[nH+]3)CC2)c1. The van der Waals surface area contributed by atoms with Gasteiger partial charge in [-0.2, -0.15) is 13.2 Å². The summed E-state index contributed by atoms with van der Waals surface area (Å²) in [5, 5.41) is 0. The molecule has 1 amide bonds. The van der Waals surface area contributed by atoms with E-state index in [0.29, 0.717) is 32.0 Å². The Bertz CT molecular complexity index is 968. The summed E-state index contributed by atoms with van der Waals surface area (Å²) in [6, 6.07) is 8.26. The van der Waals surface area contributed by atoms with E-state index in [9.17, 15) is 26.4 Å². The Kier molecular flexibility index (Phi) is 5.33. The summed E-state index contributed by atoms with van der Waals surface area (Å²) in [6.45, 7) is 1.63. The minimum Gasteiger partial charge on any atom is -0.331 e. The number of pyridine rings is 1. The van der Waals surface area contributed by atoms with Crippen molar-refractivity contribution in [1.82, 2.24) is 4.90 Å². The summed E-state index contributed by atoms with van der Waals surface area (Å²) >= 11 is 0. The third-order valence-electron chi connectivity index (χ3n) is 4.54. The van der Waals surface area contributed by atoms with Crippen LogP contribution < -0.4 is 9.88 Å². The van der Waals surface area contributed by atoms with Crippen molar-refractivity contribution in [2.45, 2.75) is 11.1 Å². The number of nitrogens with one attached hydrogen (secondary N) is 1. The predicted molar refractivity (Wildman–Crippen MR) is 95.7 cm³/mol. The van der Waals surface area contributed by atoms with Crippen LogP contribution in [0, 0.1) is 0 Å². The van der Waals surface area contributed by atoms with E-state index in [-0.39, 0.29) is 16.4 Å². The van der Waals surface area contributed by atoms with E-state index in [1.807, 2.05) is 4.90 Å². The number of H-pyrrole nitrogens is 1. The number of rotatable bonds is 3. The Morgan fingerprint density at radius 3 is 2.29 bits per heavy atom. The molecular weight excluding hydrogens is 395 g/mol. The monoisotopic (exact) mass is 414 g/mol. The average Bonchev–Trinajstić information content (AvgIpc) is 2.66. The standard InChI is InChI=1S/C18H18F3N3O3S/c1-28(26,27)15-4-2-3-13(11-15)17(25)24-9-7-23(8-10-24)16-6-5-14(12-22-16)18(19,20)21/h2-6,11-12H,7-10H2,1H3/p+1. The number of anilines is 1. The number of hydrogen-bond acceptors (Lipinski definition) is 4. The summed E-state index contributed by atoms with van der Waals surface area (Å²) in [6.07, 6.45) is -2.40. The van der Waals surface area contributed by atoms with Crippen molar-refractivity contribution in [2.24, 2.45) is 0 Å². The Hall–Kier alpha value is -2.62. The molecule has 6 nitrogen and oxygen atoms in total. The Labute approximate surface area is 160 Å². The number of benzene rings is 1. The minimum atomic E-state index is -4.40. The second-order valence-corrected chi connectivity index (χ2v) is 8.56. The third kappa shape index (κ3) is 4.44. The molecule has 150 valence electrons. The molecule has 0 bridgehead atoms. The first-order valence-corrected chi connectivity index (χ1v) is 10.4. The van der Waals surface area contributed by atoms with E-state index in [1.165, 1.54) is 24.3 Å². The number of piperazine rings is 1. The van der Waals surface area contributed by atoms with E-state index in [0.717, 1.165) is 18.5 Å². The number of nitrogens with zero attached hydrogens (tertiary/aromatic N) is 2. The lowest BCUT2D eigenvalue weighted by atomic mass is 10.2. The number of carbonyl (C=O) groups excluding carboxylic acids is 1. The fourth-order valence-electron chi connectivity index (χ4n) is 2.98. The molecule has 1 saturated heterocycles. The van der Waals surface area contributed by atoms with E-state index in [4.69, 9.17) is 0 Å². The van der Waals surface area contributed by atoms with Crippen LogP contribution in [-0.4, -0.2) is 51.7 Å². The van der Waals surface area contributed by atoms with Crippen LogP contribution in [0.1, 0.15) is 15.9 Å². The van der Waals surface area contributed by atoms with Crippen LogP contribution in [0.4, 0.5) is 19.0 Å². The highest BCUT2D eigenvalue weighted by atomic mass is 32.2. The van der Waals surface area contributed by atoms with E-state index in [1.54, 1.807) is 11.0 Å². The molecule has 1 fully saturated rings. The summed E-state index contributed by atoms with van der Waals surface area (Å²) < 4.78 is 61.3. The van der Waals surface area contributed by atoms with Gasteiger partial charge >= 0.3 is 6.18 Å². The molecule has 0 aliphatic carbocycles. The molecule has 10 heteroatoms. The van der Waals surface area contributed by atoms with Gasteiger partial charge in [-0.1, -0.05) is 6.07 Å². The van der Waals surface area contributed by atoms with Gasteiger partial charge < -0.3 is 4.90 Å². The maximum atomic E-state index is 12.7. The summed E-state index contributed by atoms with van der Waals surface area (Å²) in [4.78, 5) is 18.8. The summed E-state index contributed by atoms with van der Waals surface area (Å²) in [5.41, 5.74) is -0.465. The van der Waals surface area contributed by atoms with Crippen LogP contribution in [0.3, 0.4) is 0 Å². The van der Waals surface area contributed by atoms with Gasteiger partial charge in [-0.15, -0.1) is 0 Å². The number of sulfone groups is 1. The van der Waals surface area contributed by atoms with Crippen molar-refractivity contribution in [3.8, 4) is 0 Å². The maximum absolute atomic E-state index is 12.7. The maximum Gasteiger partial charge on any atom is 0.419 e. The Morgan fingerprint density at radius 1 is 1.07 bits per heavy atom. The predicted octanol–water partition coefficient (Wildman–Crippen LogP) is 1.89. The van der Waals surface area contributed by atoms with E-state index in [2.05, 4.69) is 4.98 Å². The third-order valence-corrected chi connectivity index (χ3v) is 5.65. The largest absolute Gasteiger partial charge is 0.419 e. The van der Waals surface area contributed by atoms with Crippen molar-refractivity contribution < 1.29 is 31.4 Å². The van der Waals surface area contributed by atoms with E-state index < -0.39 is 21.6 Å². The second-order valence-electron chi connectivity index (χ2n) is 6.54. The van der Waals surface area contributed by atoms with Gasteiger partial charge in [-0.05, 0) is 24.3 Å². The molecule has 1 aliphatic rings. The van der Waals surface area contributed by atoms with Crippen LogP contribution >= 0.6 is 0 Å². The summed E-state index contributed by atoms with van der Waals surface area (Å²) in [5.74, 6) is 0.265. The van der Waals surface area contributed by atoms with Crippen molar-refractivity contribution in [3.63, 3.8) is 0 Å². The molecule has 0 saturated carbocycles. The lowest BCUT2D eigenvalue weighted by Gasteiger charge is -2.31. The van der Waals surface area contributed by atoms with Gasteiger partial charge in [0.15, 0.2) is 9.84 Å². The number of aromatic nitrogens is 1.